The first-order chi connectivity index (χ1) is 40.1. The fourth-order valence-corrected chi connectivity index (χ4v) is 9.42. The number of hydrogen-bond donors (Lipinski definition) is 14. The van der Waals surface area contributed by atoms with E-state index in [-0.39, 0.29) is 19.3 Å². The Hall–Kier alpha value is -7.52. The molecule has 1 spiro atoms. The highest BCUT2D eigenvalue weighted by Crippen LogP contribution is 2.45. The van der Waals surface area contributed by atoms with Crippen molar-refractivity contribution in [3.05, 3.63) is 48.6 Å². The zero-order valence-electron chi connectivity index (χ0n) is 50.8. The van der Waals surface area contributed by atoms with Crippen LogP contribution in [0, 0.1) is 29.6 Å². The second-order valence-corrected chi connectivity index (χ2v) is 22.4. The van der Waals surface area contributed by atoms with Crippen molar-refractivity contribution in [3.63, 3.8) is 0 Å². The average Bonchev–Trinajstić information content (AvgIpc) is 2.26. The Morgan fingerprint density at radius 1 is 0.671 bits per heavy atom. The summed E-state index contributed by atoms with van der Waals surface area (Å²) in [5, 5.41) is 49.4. The Labute approximate surface area is 497 Å². The number of aliphatic hydroxyl groups excluding tert-OH is 2. The third-order valence-corrected chi connectivity index (χ3v) is 16.2. The predicted molar refractivity (Wildman–Crippen MR) is 311 cm³/mol. The molecule has 1 heterocycles. The SMILES string of the molecule is C=C[C@@H]1C[C@@]12NC(=O)[C@H](C)NC(=O)[C@H](NC(=O)[C@H](CO)NC(=O)[C@@H](NC(=O)[C@H](NC(=O)[C@@H](CCC(N)=O)NC(=O)[C@H](CO)NC(=O)[C@@H](NC(=O)[C@@H](Cc1ccccc1)NC)[C@@H](C)CC)[C@@H](C)CC)[C@@H](C)CC)[C@H](C)OC(=O)[C@H]([C@@H](C)CC)NC2=O. The average molecular weight is 1200 g/mol. The minimum Gasteiger partial charge on any atom is -0.458 e. The summed E-state index contributed by atoms with van der Waals surface area (Å²) in [4.78, 5) is 165. The highest BCUT2D eigenvalue weighted by Gasteiger charge is 2.61. The van der Waals surface area contributed by atoms with Crippen LogP contribution in [0.4, 0.5) is 0 Å². The number of benzene rings is 1. The van der Waals surface area contributed by atoms with Crippen molar-refractivity contribution in [3.8, 4) is 0 Å². The molecule has 1 saturated carbocycles. The summed E-state index contributed by atoms with van der Waals surface area (Å²) in [6.07, 6.45) is 1.01. The maximum Gasteiger partial charge on any atom is 0.329 e. The quantitative estimate of drug-likeness (QED) is 0.0273. The lowest BCUT2D eigenvalue weighted by molar-refractivity contribution is -0.157. The van der Waals surface area contributed by atoms with Gasteiger partial charge in [-0.25, -0.2) is 4.79 Å². The van der Waals surface area contributed by atoms with E-state index in [2.05, 4.69) is 65.1 Å². The molecule has 1 aliphatic carbocycles. The van der Waals surface area contributed by atoms with Gasteiger partial charge in [0.1, 0.15) is 66.0 Å². The molecule has 0 bridgehead atoms. The van der Waals surface area contributed by atoms with Crippen LogP contribution in [0.1, 0.15) is 120 Å². The zero-order chi connectivity index (χ0) is 64.0. The Balaban J connectivity index is 1.85. The Morgan fingerprint density at radius 2 is 1.14 bits per heavy atom. The van der Waals surface area contributed by atoms with E-state index in [1.165, 1.54) is 19.9 Å². The van der Waals surface area contributed by atoms with Crippen LogP contribution in [-0.2, 0) is 68.7 Å². The van der Waals surface area contributed by atoms with Gasteiger partial charge < -0.3 is 79.2 Å². The van der Waals surface area contributed by atoms with Crippen LogP contribution in [-0.4, -0.2) is 173 Å². The Kier molecular flexibility index (Phi) is 28.6. The number of carbonyl (C=O) groups excluding carboxylic acids is 12. The topological polar surface area (TPSA) is 413 Å². The number of hydrogen-bond acceptors (Lipinski definition) is 16. The predicted octanol–water partition coefficient (Wildman–Crippen LogP) is -2.36. The molecule has 85 heavy (non-hydrogen) atoms. The molecule has 2 aliphatic rings. The van der Waals surface area contributed by atoms with Crippen molar-refractivity contribution < 1.29 is 72.5 Å². The minimum atomic E-state index is -1.81. The van der Waals surface area contributed by atoms with E-state index in [1.807, 2.05) is 30.3 Å². The fraction of sp³-hybridized carbons (Fsp3) is 0.655. The summed E-state index contributed by atoms with van der Waals surface area (Å²) >= 11 is 0. The van der Waals surface area contributed by atoms with Crippen LogP contribution in [0.2, 0.25) is 0 Å². The first-order valence-corrected chi connectivity index (χ1v) is 29.2. The summed E-state index contributed by atoms with van der Waals surface area (Å²) in [5.41, 5.74) is 4.85. The van der Waals surface area contributed by atoms with Gasteiger partial charge in [-0.3, -0.25) is 52.7 Å². The van der Waals surface area contributed by atoms with E-state index >= 15 is 0 Å². The van der Waals surface area contributed by atoms with Crippen molar-refractivity contribution in [1.29, 1.82) is 0 Å². The number of nitrogens with one attached hydrogen (secondary N) is 11. The molecule has 27 nitrogen and oxygen atoms in total. The Morgan fingerprint density at radius 3 is 1.60 bits per heavy atom. The van der Waals surface area contributed by atoms with E-state index in [4.69, 9.17) is 10.5 Å². The van der Waals surface area contributed by atoms with Gasteiger partial charge in [0.15, 0.2) is 0 Å². The smallest absolute Gasteiger partial charge is 0.329 e. The Bertz CT molecular complexity index is 2540. The van der Waals surface area contributed by atoms with Crippen molar-refractivity contribution in [2.75, 3.05) is 20.3 Å². The first kappa shape index (κ1) is 71.7. The van der Waals surface area contributed by atoms with Crippen LogP contribution in [0.3, 0.4) is 0 Å². The molecule has 474 valence electrons. The van der Waals surface area contributed by atoms with E-state index in [0.717, 1.165) is 5.56 Å². The third-order valence-electron chi connectivity index (χ3n) is 16.2. The second kappa shape index (κ2) is 33.8. The van der Waals surface area contributed by atoms with E-state index in [0.29, 0.717) is 19.3 Å². The molecular formula is C58H92N12O15. The molecule has 1 aromatic rings. The maximum absolute atomic E-state index is 14.4. The first-order valence-electron chi connectivity index (χ1n) is 29.2. The third kappa shape index (κ3) is 20.0. The van der Waals surface area contributed by atoms with Gasteiger partial charge in [-0.1, -0.05) is 117 Å². The number of esters is 1. The summed E-state index contributed by atoms with van der Waals surface area (Å²) < 4.78 is 5.71. The molecule has 27 heteroatoms. The number of rotatable bonds is 31. The van der Waals surface area contributed by atoms with Crippen molar-refractivity contribution in [2.45, 2.75) is 193 Å². The van der Waals surface area contributed by atoms with E-state index in [9.17, 15) is 67.7 Å². The normalized spacial score (nSPS) is 23.7. The lowest BCUT2D eigenvalue weighted by Crippen LogP contribution is -2.63. The molecule has 0 radical (unpaired) electrons. The molecule has 0 aromatic heterocycles. The summed E-state index contributed by atoms with van der Waals surface area (Å²) in [5.74, 6) is -13.4. The van der Waals surface area contributed by atoms with Crippen LogP contribution in [0.15, 0.2) is 43.0 Å². The van der Waals surface area contributed by atoms with Crippen molar-refractivity contribution in [1.82, 2.24) is 58.5 Å². The van der Waals surface area contributed by atoms with Gasteiger partial charge in [-0.05, 0) is 69.4 Å². The highest BCUT2D eigenvalue weighted by atomic mass is 16.5. The number of aliphatic hydroxyl groups is 2. The van der Waals surface area contributed by atoms with Crippen molar-refractivity contribution >= 4 is 70.9 Å². The van der Waals surface area contributed by atoms with Crippen LogP contribution in [0.5, 0.6) is 0 Å². The number of primary amides is 1. The van der Waals surface area contributed by atoms with Crippen LogP contribution in [0.25, 0.3) is 0 Å². The van der Waals surface area contributed by atoms with Gasteiger partial charge in [0.05, 0.1) is 19.3 Å². The maximum atomic E-state index is 14.4. The molecular weight excluding hydrogens is 1100 g/mol. The lowest BCUT2D eigenvalue weighted by Gasteiger charge is -2.31. The van der Waals surface area contributed by atoms with E-state index < -0.39 is 199 Å². The van der Waals surface area contributed by atoms with Gasteiger partial charge in [-0.15, -0.1) is 6.58 Å². The molecule has 3 rings (SSSR count). The fourth-order valence-electron chi connectivity index (χ4n) is 9.42. The van der Waals surface area contributed by atoms with Gasteiger partial charge >= 0.3 is 5.97 Å². The number of likely N-dealkylation sites (N-methyl/N-ethyl adjacent to an activating group) is 1. The van der Waals surface area contributed by atoms with Gasteiger partial charge in [0, 0.05) is 12.3 Å². The molecule has 0 unspecified atom stereocenters. The summed E-state index contributed by atoms with van der Waals surface area (Å²) in [6.45, 7) is 18.0. The van der Waals surface area contributed by atoms with E-state index in [1.54, 1.807) is 62.4 Å². The van der Waals surface area contributed by atoms with Gasteiger partial charge in [0.2, 0.25) is 65.0 Å². The molecule has 15 N–H and O–H groups in total. The summed E-state index contributed by atoms with van der Waals surface area (Å²) in [7, 11) is 1.60. The molecule has 1 saturated heterocycles. The number of cyclic esters (lactones) is 1. The second-order valence-electron chi connectivity index (χ2n) is 22.4. The largest absolute Gasteiger partial charge is 0.458 e. The van der Waals surface area contributed by atoms with Crippen molar-refractivity contribution in [2.24, 2.45) is 35.3 Å². The standard InChI is InChI=1S/C58H92N12O15/c1-13-29(6)42(66-49(76)38(60-12)25-35-21-19-18-20-22-35)52(79)63-39(27-71)50(77)62-37(23-24-41(59)73)48(75)65-44(31(8)15-3)54(81)67-43(30(7)14-2)53(80)64-40(28-72)51(78)68-46-34(11)85-56(83)45(32(9)16-4)69-57(84)58(26-36(58)17-5)70-47(74)33(10)61-55(46)82/h17-22,29-34,36-40,42-46,60,71-72H,5,13-16,23-28H2,1-4,6-12H3,(H2,59,73)(H,61,82)(H,62,77)(H,63,79)(H,64,80)(H,65,75)(H,66,76)(H,67,81)(H,68,78)(H,69,84)(H,70,74)/t29-,30-,31-,32-,33-,34-,36+,37+,38+,39-,40-,42-,43-,44+,45-,46+,58+/m0/s1. The number of nitrogens with two attached hydrogens (primary N) is 1. The van der Waals surface area contributed by atoms with Gasteiger partial charge in [0.25, 0.3) is 0 Å². The molecule has 1 aliphatic heterocycles. The van der Waals surface area contributed by atoms with Crippen LogP contribution >= 0.6 is 0 Å². The van der Waals surface area contributed by atoms with Crippen LogP contribution < -0.4 is 64.2 Å². The summed E-state index contributed by atoms with van der Waals surface area (Å²) in [6, 6.07) is -4.98. The molecule has 2 fully saturated rings. The number of carbonyl (C=O) groups is 12. The molecule has 17 atom stereocenters. The molecule has 1 aromatic carbocycles. The number of amides is 11. The minimum absolute atomic E-state index is 0.176. The molecule has 11 amide bonds. The lowest BCUT2D eigenvalue weighted by atomic mass is 9.94. The number of ether oxygens (including phenoxy) is 1. The van der Waals surface area contributed by atoms with Gasteiger partial charge in [-0.2, -0.15) is 0 Å². The highest BCUT2D eigenvalue weighted by molar-refractivity contribution is 6.01. The monoisotopic (exact) mass is 1200 g/mol. The zero-order valence-corrected chi connectivity index (χ0v) is 50.8.